The second-order valence-electron chi connectivity index (χ2n) is 7.68. The molecule has 1 fully saturated rings. The second kappa shape index (κ2) is 10.7. The van der Waals surface area contributed by atoms with Crippen LogP contribution in [0.5, 0.6) is 0 Å². The number of amides is 1. The minimum Gasteiger partial charge on any atom is -0.480 e. The summed E-state index contributed by atoms with van der Waals surface area (Å²) in [4.78, 5) is 25.5. The topological polar surface area (TPSA) is 69.6 Å². The lowest BCUT2D eigenvalue weighted by atomic mass is 9.98. The largest absolute Gasteiger partial charge is 0.480 e. The van der Waals surface area contributed by atoms with Gasteiger partial charge in [-0.1, -0.05) is 24.0 Å². The van der Waals surface area contributed by atoms with E-state index in [0.29, 0.717) is 52.2 Å². The van der Waals surface area contributed by atoms with E-state index in [1.165, 1.54) is 16.3 Å². The van der Waals surface area contributed by atoms with Crippen LogP contribution in [0.1, 0.15) is 29.3 Å². The lowest BCUT2D eigenvalue weighted by Gasteiger charge is -2.16. The van der Waals surface area contributed by atoms with Crippen molar-refractivity contribution in [3.05, 3.63) is 50.6 Å². The van der Waals surface area contributed by atoms with Crippen LogP contribution in [0.3, 0.4) is 0 Å². The first kappa shape index (κ1) is 27.2. The summed E-state index contributed by atoms with van der Waals surface area (Å²) in [6.45, 7) is 1.02. The quantitative estimate of drug-likeness (QED) is 0.178. The number of carboxylic acid groups (broad SMARTS) is 1. The van der Waals surface area contributed by atoms with Crippen LogP contribution in [0.25, 0.3) is 17.2 Å². The van der Waals surface area contributed by atoms with E-state index in [1.807, 2.05) is 0 Å². The van der Waals surface area contributed by atoms with Crippen molar-refractivity contribution in [2.45, 2.75) is 25.4 Å². The van der Waals surface area contributed by atoms with Crippen molar-refractivity contribution in [1.82, 2.24) is 10.2 Å². The van der Waals surface area contributed by atoms with Crippen LogP contribution in [0.2, 0.25) is 0 Å². The number of nitrogens with one attached hydrogen (secondary N) is 1. The minimum atomic E-state index is -4.79. The molecule has 3 rings (SSSR count). The first-order chi connectivity index (χ1) is 16.3. The van der Waals surface area contributed by atoms with Crippen molar-refractivity contribution >= 4 is 57.6 Å². The molecule has 2 N–H and O–H groups in total. The highest BCUT2D eigenvalue weighted by Gasteiger charge is 2.35. The van der Waals surface area contributed by atoms with Gasteiger partial charge in [-0.25, -0.2) is 8.78 Å². The van der Waals surface area contributed by atoms with E-state index in [-0.39, 0.29) is 18.0 Å². The van der Waals surface area contributed by atoms with Gasteiger partial charge in [-0.05, 0) is 59.8 Å². The standard InChI is InChI=1S/C22H19F5N2O3S3/c1-21(23,24)14-5-12(6-15(8-14)22(25,26)27)13-7-16(34-11-13)9-17-19(32)29(20(33)35-17)4-2-3-28-10-18(30)31/h5-9,11,28H,2-4,10H2,1H3,(H,30,31)/b17-9-. The van der Waals surface area contributed by atoms with Gasteiger partial charge in [0.25, 0.3) is 11.8 Å². The Balaban J connectivity index is 1.78. The van der Waals surface area contributed by atoms with E-state index < -0.39 is 29.2 Å². The number of thiophene rings is 1. The summed E-state index contributed by atoms with van der Waals surface area (Å²) < 4.78 is 67.8. The van der Waals surface area contributed by atoms with Crippen molar-refractivity contribution in [2.75, 3.05) is 19.6 Å². The average molecular weight is 551 g/mol. The molecular weight excluding hydrogens is 531 g/mol. The van der Waals surface area contributed by atoms with Crippen LogP contribution in [-0.4, -0.2) is 45.8 Å². The summed E-state index contributed by atoms with van der Waals surface area (Å²) in [6, 6.07) is 3.82. The predicted molar refractivity (Wildman–Crippen MR) is 129 cm³/mol. The summed E-state index contributed by atoms with van der Waals surface area (Å²) in [5.74, 6) is -4.77. The number of halogens is 5. The minimum absolute atomic E-state index is 0.00587. The molecule has 1 aromatic heterocycles. The molecule has 188 valence electrons. The Morgan fingerprint density at radius 2 is 1.83 bits per heavy atom. The first-order valence-electron chi connectivity index (χ1n) is 10.1. The number of carboxylic acids is 1. The molecule has 35 heavy (non-hydrogen) atoms. The number of thioether (sulfide) groups is 1. The number of alkyl halides is 5. The number of carbonyl (C=O) groups excluding carboxylic acids is 1. The highest BCUT2D eigenvalue weighted by atomic mass is 32.2. The van der Waals surface area contributed by atoms with Crippen molar-refractivity contribution in [2.24, 2.45) is 0 Å². The fourth-order valence-electron chi connectivity index (χ4n) is 3.17. The third-order valence-corrected chi connectivity index (χ3v) is 7.14. The van der Waals surface area contributed by atoms with Gasteiger partial charge in [0.15, 0.2) is 0 Å². The Labute approximate surface area is 211 Å². The predicted octanol–water partition coefficient (Wildman–Crippen LogP) is 5.81. The number of carbonyl (C=O) groups is 2. The highest BCUT2D eigenvalue weighted by Crippen LogP contribution is 2.39. The number of nitrogens with zero attached hydrogens (tertiary/aromatic N) is 1. The maximum Gasteiger partial charge on any atom is 0.416 e. The maximum atomic E-state index is 13.8. The zero-order valence-corrected chi connectivity index (χ0v) is 20.6. The Bertz CT molecular complexity index is 1140. The van der Waals surface area contributed by atoms with Gasteiger partial charge in [0.1, 0.15) is 4.32 Å². The molecule has 1 saturated heterocycles. The number of rotatable bonds is 9. The van der Waals surface area contributed by atoms with Crippen LogP contribution in [0, 0.1) is 0 Å². The second-order valence-corrected chi connectivity index (χ2v) is 10.3. The molecule has 13 heteroatoms. The fourth-order valence-corrected chi connectivity index (χ4v) is 5.39. The summed E-state index contributed by atoms with van der Waals surface area (Å²) in [6.07, 6.45) is -2.75. The third kappa shape index (κ3) is 7.09. The van der Waals surface area contributed by atoms with Crippen LogP contribution in [0.4, 0.5) is 22.0 Å². The van der Waals surface area contributed by atoms with Gasteiger partial charge < -0.3 is 10.4 Å². The zero-order valence-electron chi connectivity index (χ0n) is 18.1. The van der Waals surface area contributed by atoms with Gasteiger partial charge in [-0.2, -0.15) is 13.2 Å². The van der Waals surface area contributed by atoms with E-state index in [1.54, 1.807) is 6.08 Å². The van der Waals surface area contributed by atoms with E-state index in [9.17, 15) is 31.5 Å². The lowest BCUT2D eigenvalue weighted by molar-refractivity contribution is -0.138. The van der Waals surface area contributed by atoms with Crippen molar-refractivity contribution in [3.8, 4) is 11.1 Å². The van der Waals surface area contributed by atoms with Crippen LogP contribution >= 0.6 is 35.3 Å². The lowest BCUT2D eigenvalue weighted by Crippen LogP contribution is -2.32. The Morgan fingerprint density at radius 3 is 2.46 bits per heavy atom. The number of benzene rings is 1. The Morgan fingerprint density at radius 1 is 1.14 bits per heavy atom. The molecule has 0 bridgehead atoms. The summed E-state index contributed by atoms with van der Waals surface area (Å²) in [5.41, 5.74) is -1.60. The molecule has 0 aliphatic carbocycles. The molecule has 1 aliphatic rings. The summed E-state index contributed by atoms with van der Waals surface area (Å²) in [5, 5.41) is 12.9. The average Bonchev–Trinajstić information content (AvgIpc) is 3.31. The third-order valence-electron chi connectivity index (χ3n) is 4.88. The highest BCUT2D eigenvalue weighted by molar-refractivity contribution is 8.26. The molecule has 5 nitrogen and oxygen atoms in total. The van der Waals surface area contributed by atoms with Crippen LogP contribution in [-0.2, 0) is 21.7 Å². The van der Waals surface area contributed by atoms with Gasteiger partial charge in [0, 0.05) is 23.9 Å². The van der Waals surface area contributed by atoms with Crippen molar-refractivity contribution in [1.29, 1.82) is 0 Å². The number of aliphatic carboxylic acids is 1. The Kier molecular flexibility index (Phi) is 8.35. The molecule has 2 heterocycles. The molecule has 1 aromatic carbocycles. The van der Waals surface area contributed by atoms with E-state index in [4.69, 9.17) is 17.3 Å². The van der Waals surface area contributed by atoms with Crippen molar-refractivity contribution in [3.63, 3.8) is 0 Å². The SMILES string of the molecule is CC(F)(F)c1cc(-c2csc(/C=C3\SC(=S)N(CCCNCC(=O)O)C3=O)c2)cc(C(F)(F)F)c1. The van der Waals surface area contributed by atoms with Crippen molar-refractivity contribution < 1.29 is 36.6 Å². The summed E-state index contributed by atoms with van der Waals surface area (Å²) in [7, 11) is 0. The molecule has 0 atom stereocenters. The molecule has 1 amide bonds. The zero-order chi connectivity index (χ0) is 26.0. The van der Waals surface area contributed by atoms with Gasteiger partial charge in [0.2, 0.25) is 0 Å². The number of thiocarbonyl (C=S) groups is 1. The first-order valence-corrected chi connectivity index (χ1v) is 12.2. The van der Waals surface area contributed by atoms with Gasteiger partial charge in [-0.15, -0.1) is 11.3 Å². The van der Waals surface area contributed by atoms with Crippen LogP contribution < -0.4 is 5.32 Å². The Hall–Kier alpha value is -2.35. The van der Waals surface area contributed by atoms with Crippen LogP contribution in [0.15, 0.2) is 34.6 Å². The molecular formula is C22H19F5N2O3S3. The molecule has 2 aromatic rings. The monoisotopic (exact) mass is 550 g/mol. The summed E-state index contributed by atoms with van der Waals surface area (Å²) >= 11 is 7.48. The molecule has 1 aliphatic heterocycles. The molecule has 0 spiro atoms. The van der Waals surface area contributed by atoms with E-state index in [0.717, 1.165) is 35.2 Å². The van der Waals surface area contributed by atoms with Gasteiger partial charge in [0.05, 0.1) is 17.0 Å². The number of hydrogen-bond donors (Lipinski definition) is 2. The van der Waals surface area contributed by atoms with Gasteiger partial charge >= 0.3 is 12.1 Å². The molecule has 0 radical (unpaired) electrons. The van der Waals surface area contributed by atoms with Gasteiger partial charge in [-0.3, -0.25) is 14.5 Å². The smallest absolute Gasteiger partial charge is 0.416 e. The number of hydrogen-bond acceptors (Lipinski definition) is 6. The van der Waals surface area contributed by atoms with E-state index in [2.05, 4.69) is 5.32 Å². The molecule has 0 unspecified atom stereocenters. The fraction of sp³-hybridized carbons (Fsp3) is 0.318. The maximum absolute atomic E-state index is 13.8. The normalized spacial score (nSPS) is 15.9. The molecule has 0 saturated carbocycles. The van der Waals surface area contributed by atoms with E-state index >= 15 is 0 Å².